The fourth-order valence-corrected chi connectivity index (χ4v) is 3.86. The van der Waals surface area contributed by atoms with Crippen molar-refractivity contribution in [2.24, 2.45) is 0 Å². The molecule has 2 aliphatic rings. The van der Waals surface area contributed by atoms with Gasteiger partial charge < -0.3 is 4.74 Å². The normalized spacial score (nSPS) is 17.0. The summed E-state index contributed by atoms with van der Waals surface area (Å²) in [6.45, 7) is 2.93. The summed E-state index contributed by atoms with van der Waals surface area (Å²) >= 11 is 0. The van der Waals surface area contributed by atoms with Crippen LogP contribution in [0.5, 0.6) is 5.75 Å². The number of nitrogens with zero attached hydrogens (tertiary/aromatic N) is 1. The molecule has 2 heterocycles. The number of benzene rings is 2. The van der Waals surface area contributed by atoms with Gasteiger partial charge in [0.15, 0.2) is 0 Å². The van der Waals surface area contributed by atoms with Crippen LogP contribution in [0, 0.1) is 0 Å². The number of rotatable bonds is 0. The summed E-state index contributed by atoms with van der Waals surface area (Å²) in [6, 6.07) is 17.0. The summed E-state index contributed by atoms with van der Waals surface area (Å²) in [4.78, 5) is 4.62. The van der Waals surface area contributed by atoms with Gasteiger partial charge in [0.05, 0.1) is 5.69 Å². The Morgan fingerprint density at radius 3 is 2.86 bits per heavy atom. The second-order valence-electron chi connectivity index (χ2n) is 6.01. The van der Waals surface area contributed by atoms with E-state index < -0.39 is 0 Å². The molecule has 0 amide bonds. The minimum Gasteiger partial charge on any atom is -0.488 e. The van der Waals surface area contributed by atoms with E-state index >= 15 is 0 Å². The van der Waals surface area contributed by atoms with Gasteiger partial charge in [-0.25, -0.2) is 0 Å². The monoisotopic (exact) mass is 285 g/mol. The average Bonchev–Trinajstić information content (AvgIpc) is 2.88. The van der Waals surface area contributed by atoms with Crippen LogP contribution in [0.25, 0.3) is 22.4 Å². The lowest BCUT2D eigenvalue weighted by molar-refractivity contribution is 0.302. The number of hydrogen-bond acceptors (Lipinski definition) is 2. The van der Waals surface area contributed by atoms with Crippen molar-refractivity contribution >= 4 is 0 Å². The molecular weight excluding hydrogens is 270 g/mol. The van der Waals surface area contributed by atoms with Crippen LogP contribution in [0.1, 0.15) is 29.5 Å². The SMILES string of the molecule is CC1c2cccnc2-c2ccc3c(c21)-c1ccccc1OC3. The Bertz CT molecular complexity index is 913. The zero-order valence-corrected chi connectivity index (χ0v) is 12.3. The van der Waals surface area contributed by atoms with Gasteiger partial charge in [0.25, 0.3) is 0 Å². The molecule has 0 saturated carbocycles. The van der Waals surface area contributed by atoms with Crippen molar-refractivity contribution in [1.29, 1.82) is 0 Å². The van der Waals surface area contributed by atoms with E-state index in [0.29, 0.717) is 12.5 Å². The Labute approximate surface area is 129 Å². The molecule has 0 N–H and O–H groups in total. The fraction of sp³-hybridized carbons (Fsp3) is 0.150. The van der Waals surface area contributed by atoms with E-state index in [2.05, 4.69) is 48.3 Å². The fourth-order valence-electron chi connectivity index (χ4n) is 3.86. The number of fused-ring (bicyclic) bond motifs is 7. The highest BCUT2D eigenvalue weighted by Crippen LogP contribution is 2.51. The van der Waals surface area contributed by atoms with E-state index in [1.54, 1.807) is 0 Å². The third kappa shape index (κ3) is 1.42. The number of pyridine rings is 1. The molecule has 1 atom stereocenters. The van der Waals surface area contributed by atoms with Crippen molar-refractivity contribution < 1.29 is 4.74 Å². The summed E-state index contributed by atoms with van der Waals surface area (Å²) in [5, 5.41) is 0. The molecule has 2 nitrogen and oxygen atoms in total. The molecule has 0 bridgehead atoms. The van der Waals surface area contributed by atoms with Crippen molar-refractivity contribution in [3.63, 3.8) is 0 Å². The van der Waals surface area contributed by atoms with E-state index in [0.717, 1.165) is 11.4 Å². The van der Waals surface area contributed by atoms with Crippen LogP contribution >= 0.6 is 0 Å². The first-order valence-electron chi connectivity index (χ1n) is 7.68. The summed E-state index contributed by atoms with van der Waals surface area (Å²) in [5.74, 6) is 1.36. The molecule has 1 aliphatic heterocycles. The molecule has 22 heavy (non-hydrogen) atoms. The third-order valence-electron chi connectivity index (χ3n) is 4.86. The van der Waals surface area contributed by atoms with Crippen LogP contribution in [0.4, 0.5) is 0 Å². The van der Waals surface area contributed by atoms with Crippen molar-refractivity contribution in [3.8, 4) is 28.1 Å². The number of hydrogen-bond donors (Lipinski definition) is 0. The maximum Gasteiger partial charge on any atom is 0.127 e. The zero-order chi connectivity index (χ0) is 14.7. The molecule has 0 saturated heterocycles. The first-order chi connectivity index (χ1) is 10.8. The van der Waals surface area contributed by atoms with Gasteiger partial charge in [0.2, 0.25) is 0 Å². The largest absolute Gasteiger partial charge is 0.488 e. The van der Waals surface area contributed by atoms with Gasteiger partial charge >= 0.3 is 0 Å². The average molecular weight is 285 g/mol. The Morgan fingerprint density at radius 2 is 1.91 bits per heavy atom. The zero-order valence-electron chi connectivity index (χ0n) is 12.3. The summed E-state index contributed by atoms with van der Waals surface area (Å²) in [7, 11) is 0. The van der Waals surface area contributed by atoms with Crippen LogP contribution in [-0.2, 0) is 6.61 Å². The van der Waals surface area contributed by atoms with Crippen molar-refractivity contribution in [1.82, 2.24) is 4.98 Å². The van der Waals surface area contributed by atoms with Crippen molar-refractivity contribution in [2.75, 3.05) is 0 Å². The van der Waals surface area contributed by atoms with Crippen LogP contribution < -0.4 is 4.74 Å². The lowest BCUT2D eigenvalue weighted by Gasteiger charge is -2.24. The molecule has 5 rings (SSSR count). The molecule has 1 aliphatic carbocycles. The van der Waals surface area contributed by atoms with Crippen molar-refractivity contribution in [2.45, 2.75) is 19.4 Å². The number of aromatic nitrogens is 1. The summed E-state index contributed by atoms with van der Waals surface area (Å²) in [5.41, 5.74) is 8.98. The third-order valence-corrected chi connectivity index (χ3v) is 4.86. The molecule has 0 radical (unpaired) electrons. The van der Waals surface area contributed by atoms with Gasteiger partial charge in [-0.1, -0.05) is 43.3 Å². The van der Waals surface area contributed by atoms with E-state index in [4.69, 9.17) is 4.74 Å². The number of ether oxygens (including phenoxy) is 1. The molecular formula is C20H15NO. The molecule has 2 heteroatoms. The minimum absolute atomic E-state index is 0.375. The van der Waals surface area contributed by atoms with E-state index in [1.807, 2.05) is 18.3 Å². The van der Waals surface area contributed by atoms with Gasteiger partial charge in [-0.15, -0.1) is 0 Å². The molecule has 1 unspecified atom stereocenters. The Hall–Kier alpha value is -2.61. The lowest BCUT2D eigenvalue weighted by atomic mass is 9.86. The maximum absolute atomic E-state index is 5.91. The molecule has 2 aromatic carbocycles. The maximum atomic E-state index is 5.91. The van der Waals surface area contributed by atoms with Crippen molar-refractivity contribution in [3.05, 3.63) is 71.4 Å². The Balaban J connectivity index is 1.87. The highest BCUT2D eigenvalue weighted by molar-refractivity contribution is 5.88. The summed E-state index contributed by atoms with van der Waals surface area (Å²) < 4.78 is 5.91. The first-order valence-corrected chi connectivity index (χ1v) is 7.68. The predicted molar refractivity (Wildman–Crippen MR) is 87.0 cm³/mol. The van der Waals surface area contributed by atoms with Crippen LogP contribution in [-0.4, -0.2) is 4.98 Å². The minimum atomic E-state index is 0.375. The molecule has 3 aromatic rings. The topological polar surface area (TPSA) is 22.1 Å². The molecule has 106 valence electrons. The smallest absolute Gasteiger partial charge is 0.127 e. The van der Waals surface area contributed by atoms with E-state index in [1.165, 1.54) is 33.4 Å². The van der Waals surface area contributed by atoms with Gasteiger partial charge in [0.1, 0.15) is 12.4 Å². The standard InChI is InChI=1S/C20H15NO/c1-12-14-6-4-10-21-20(14)16-9-8-13-11-22-17-7-3-2-5-15(17)19(13)18(12)16/h2-10,12H,11H2,1H3. The number of para-hydroxylation sites is 1. The molecule has 0 spiro atoms. The first kappa shape index (κ1) is 12.0. The van der Waals surface area contributed by atoms with E-state index in [-0.39, 0.29) is 0 Å². The van der Waals surface area contributed by atoms with Crippen LogP contribution in [0.3, 0.4) is 0 Å². The highest BCUT2D eigenvalue weighted by Gasteiger charge is 2.32. The van der Waals surface area contributed by atoms with Gasteiger partial charge in [0, 0.05) is 23.2 Å². The quantitative estimate of drug-likeness (QED) is 0.593. The Morgan fingerprint density at radius 1 is 1.00 bits per heavy atom. The predicted octanol–water partition coefficient (Wildman–Crippen LogP) is 4.77. The van der Waals surface area contributed by atoms with Gasteiger partial charge in [-0.2, -0.15) is 0 Å². The molecule has 0 fully saturated rings. The van der Waals surface area contributed by atoms with Gasteiger partial charge in [-0.05, 0) is 34.4 Å². The Kier molecular flexibility index (Phi) is 2.29. The van der Waals surface area contributed by atoms with E-state index in [9.17, 15) is 0 Å². The second-order valence-corrected chi connectivity index (χ2v) is 6.01. The van der Waals surface area contributed by atoms with Crippen LogP contribution in [0.15, 0.2) is 54.7 Å². The van der Waals surface area contributed by atoms with Crippen LogP contribution in [0.2, 0.25) is 0 Å². The summed E-state index contributed by atoms with van der Waals surface area (Å²) in [6.07, 6.45) is 1.89. The molecule has 1 aromatic heterocycles. The van der Waals surface area contributed by atoms with Gasteiger partial charge in [-0.3, -0.25) is 4.98 Å². The second kappa shape index (κ2) is 4.20. The highest BCUT2D eigenvalue weighted by atomic mass is 16.5. The lowest BCUT2D eigenvalue weighted by Crippen LogP contribution is -2.08.